The molecule has 120 valence electrons. The summed E-state index contributed by atoms with van der Waals surface area (Å²) in [5, 5.41) is 4.47. The maximum Gasteiger partial charge on any atom is 0.273 e. The zero-order valence-corrected chi connectivity index (χ0v) is 13.5. The van der Waals surface area contributed by atoms with E-state index in [0.29, 0.717) is 24.5 Å². The highest BCUT2D eigenvalue weighted by Gasteiger charge is 2.32. The summed E-state index contributed by atoms with van der Waals surface area (Å²) in [7, 11) is 0. The van der Waals surface area contributed by atoms with Crippen LogP contribution in [0.4, 0.5) is 0 Å². The molecule has 0 bridgehead atoms. The number of carbonyl (C=O) groups is 2. The van der Waals surface area contributed by atoms with Crippen LogP contribution in [0.2, 0.25) is 0 Å². The lowest BCUT2D eigenvalue weighted by Crippen LogP contribution is -2.31. The third-order valence-electron chi connectivity index (χ3n) is 3.73. The molecule has 1 aliphatic heterocycles. The summed E-state index contributed by atoms with van der Waals surface area (Å²) in [5.74, 6) is -0.179. The Kier molecular flexibility index (Phi) is 4.61. The van der Waals surface area contributed by atoms with Gasteiger partial charge in [0.25, 0.3) is 5.91 Å². The summed E-state index contributed by atoms with van der Waals surface area (Å²) in [6.45, 7) is 2.49. The molecule has 2 aromatic rings. The van der Waals surface area contributed by atoms with Crippen molar-refractivity contribution in [3.63, 3.8) is 0 Å². The maximum atomic E-state index is 12.6. The molecule has 7 nitrogen and oxygen atoms in total. The van der Waals surface area contributed by atoms with Crippen LogP contribution in [-0.2, 0) is 11.3 Å². The number of aromatic nitrogens is 3. The Labute approximate surface area is 137 Å². The van der Waals surface area contributed by atoms with Crippen molar-refractivity contribution < 1.29 is 9.59 Å². The van der Waals surface area contributed by atoms with Crippen LogP contribution in [-0.4, -0.2) is 38.2 Å². The van der Waals surface area contributed by atoms with Crippen molar-refractivity contribution in [1.29, 1.82) is 0 Å². The lowest BCUT2D eigenvalue weighted by atomic mass is 10.1. The van der Waals surface area contributed by atoms with Crippen molar-refractivity contribution in [2.75, 3.05) is 6.54 Å². The van der Waals surface area contributed by atoms with Crippen LogP contribution in [0.5, 0.6) is 0 Å². The third-order valence-corrected chi connectivity index (χ3v) is 4.31. The summed E-state index contributed by atoms with van der Waals surface area (Å²) in [6.07, 6.45) is 5.10. The van der Waals surface area contributed by atoms with E-state index in [-0.39, 0.29) is 17.9 Å². The van der Waals surface area contributed by atoms with Crippen LogP contribution < -0.4 is 5.32 Å². The second-order valence-electron chi connectivity index (χ2n) is 5.38. The predicted molar refractivity (Wildman–Crippen MR) is 84.7 cm³/mol. The highest BCUT2D eigenvalue weighted by atomic mass is 32.1. The lowest BCUT2D eigenvalue weighted by Gasteiger charge is -2.23. The summed E-state index contributed by atoms with van der Waals surface area (Å²) < 4.78 is 0. The van der Waals surface area contributed by atoms with Gasteiger partial charge in [-0.15, -0.1) is 11.3 Å². The molecule has 0 aliphatic carbocycles. The number of thiazole rings is 1. The van der Waals surface area contributed by atoms with Gasteiger partial charge in [0, 0.05) is 18.8 Å². The van der Waals surface area contributed by atoms with Gasteiger partial charge < -0.3 is 10.2 Å². The van der Waals surface area contributed by atoms with Gasteiger partial charge in [0.2, 0.25) is 5.91 Å². The molecule has 0 aromatic carbocycles. The number of carbonyl (C=O) groups excluding carboxylic acids is 2. The number of nitrogens with one attached hydrogen (secondary N) is 1. The smallest absolute Gasteiger partial charge is 0.273 e. The Morgan fingerprint density at radius 1 is 1.43 bits per heavy atom. The molecule has 2 aromatic heterocycles. The first-order valence-corrected chi connectivity index (χ1v) is 8.34. The first-order chi connectivity index (χ1) is 11.1. The van der Waals surface area contributed by atoms with Crippen molar-refractivity contribution in [2.45, 2.75) is 32.4 Å². The topological polar surface area (TPSA) is 88.1 Å². The molecule has 8 heteroatoms. The van der Waals surface area contributed by atoms with Gasteiger partial charge >= 0.3 is 0 Å². The zero-order chi connectivity index (χ0) is 16.2. The highest BCUT2D eigenvalue weighted by Crippen LogP contribution is 2.31. The van der Waals surface area contributed by atoms with Gasteiger partial charge in [-0.25, -0.2) is 4.98 Å². The summed E-state index contributed by atoms with van der Waals surface area (Å²) >= 11 is 1.41. The number of likely N-dealkylation sites (tertiary alicyclic amines) is 1. The van der Waals surface area contributed by atoms with Crippen LogP contribution >= 0.6 is 11.3 Å². The average Bonchev–Trinajstić information content (AvgIpc) is 3.23. The molecule has 1 N–H and O–H groups in total. The van der Waals surface area contributed by atoms with Gasteiger partial charge in [0.15, 0.2) is 0 Å². The molecular weight excluding hydrogens is 314 g/mol. The molecule has 3 rings (SSSR count). The minimum Gasteiger partial charge on any atom is -0.351 e. The monoisotopic (exact) mass is 331 g/mol. The summed E-state index contributed by atoms with van der Waals surface area (Å²) in [4.78, 5) is 38.2. The predicted octanol–water partition coefficient (Wildman–Crippen LogP) is 1.55. The number of nitrogens with zero attached hydrogens (tertiary/aromatic N) is 4. The van der Waals surface area contributed by atoms with Crippen molar-refractivity contribution in [1.82, 2.24) is 25.2 Å². The van der Waals surface area contributed by atoms with Gasteiger partial charge in [0.05, 0.1) is 41.9 Å². The molecular formula is C15H17N5O2S. The van der Waals surface area contributed by atoms with E-state index in [1.165, 1.54) is 18.3 Å². The molecule has 1 saturated heterocycles. The number of hydrogen-bond donors (Lipinski definition) is 1. The zero-order valence-electron chi connectivity index (χ0n) is 12.7. The van der Waals surface area contributed by atoms with E-state index in [4.69, 9.17) is 0 Å². The van der Waals surface area contributed by atoms with Crippen molar-refractivity contribution in [3.8, 4) is 0 Å². The van der Waals surface area contributed by atoms with Crippen molar-refractivity contribution in [2.24, 2.45) is 0 Å². The molecule has 0 saturated carbocycles. The van der Waals surface area contributed by atoms with E-state index in [9.17, 15) is 9.59 Å². The van der Waals surface area contributed by atoms with Crippen LogP contribution in [0.25, 0.3) is 0 Å². The van der Waals surface area contributed by atoms with Crippen LogP contribution in [0, 0.1) is 0 Å². The SMILES string of the molecule is CC(=O)NCc1cncc([C@@H]2CCCN2C(=O)c2cscn2)n1. The van der Waals surface area contributed by atoms with E-state index in [1.807, 2.05) is 0 Å². The van der Waals surface area contributed by atoms with E-state index in [0.717, 1.165) is 18.5 Å². The third kappa shape index (κ3) is 3.53. The average molecular weight is 331 g/mol. The molecule has 23 heavy (non-hydrogen) atoms. The normalized spacial score (nSPS) is 17.3. The van der Waals surface area contributed by atoms with Gasteiger partial charge in [-0.05, 0) is 12.8 Å². The standard InChI is InChI=1S/C15H17N5O2S/c1-10(21)17-6-11-5-16-7-12(19-11)14-3-2-4-20(14)15(22)13-8-23-9-18-13/h5,7-9,14H,2-4,6H2,1H3,(H,17,21)/t14-/m0/s1. The Morgan fingerprint density at radius 3 is 3.04 bits per heavy atom. The van der Waals surface area contributed by atoms with E-state index < -0.39 is 0 Å². The van der Waals surface area contributed by atoms with Crippen molar-refractivity contribution in [3.05, 3.63) is 40.4 Å². The highest BCUT2D eigenvalue weighted by molar-refractivity contribution is 7.07. The molecule has 0 spiro atoms. The quantitative estimate of drug-likeness (QED) is 0.918. The molecule has 1 aliphatic rings. The molecule has 1 atom stereocenters. The van der Waals surface area contributed by atoms with Crippen molar-refractivity contribution >= 4 is 23.2 Å². The Bertz CT molecular complexity index is 704. The Balaban J connectivity index is 1.78. The fourth-order valence-electron chi connectivity index (χ4n) is 2.67. The van der Waals surface area contributed by atoms with Gasteiger partial charge in [-0.3, -0.25) is 19.6 Å². The first-order valence-electron chi connectivity index (χ1n) is 7.39. The van der Waals surface area contributed by atoms with Crippen LogP contribution in [0.1, 0.15) is 47.7 Å². The Hall–Kier alpha value is -2.35. The van der Waals surface area contributed by atoms with Gasteiger partial charge in [-0.2, -0.15) is 0 Å². The molecule has 0 unspecified atom stereocenters. The Morgan fingerprint density at radius 2 is 2.30 bits per heavy atom. The van der Waals surface area contributed by atoms with Crippen LogP contribution in [0.15, 0.2) is 23.3 Å². The fraction of sp³-hybridized carbons (Fsp3) is 0.400. The first kappa shape index (κ1) is 15.5. The second-order valence-corrected chi connectivity index (χ2v) is 6.09. The van der Waals surface area contributed by atoms with E-state index in [1.54, 1.807) is 28.2 Å². The number of amides is 2. The van der Waals surface area contributed by atoms with Gasteiger partial charge in [0.1, 0.15) is 5.69 Å². The molecule has 1 fully saturated rings. The largest absolute Gasteiger partial charge is 0.351 e. The lowest BCUT2D eigenvalue weighted by molar-refractivity contribution is -0.119. The van der Waals surface area contributed by atoms with Gasteiger partial charge in [-0.1, -0.05) is 0 Å². The van der Waals surface area contributed by atoms with Crippen LogP contribution in [0.3, 0.4) is 0 Å². The molecule has 2 amide bonds. The summed E-state index contributed by atoms with van der Waals surface area (Å²) in [5.41, 5.74) is 3.58. The van der Waals surface area contributed by atoms with E-state index in [2.05, 4.69) is 20.3 Å². The summed E-state index contributed by atoms with van der Waals surface area (Å²) in [6, 6.07) is -0.0889. The second kappa shape index (κ2) is 6.82. The molecule has 3 heterocycles. The number of hydrogen-bond acceptors (Lipinski definition) is 6. The minimum absolute atomic E-state index is 0.0668. The maximum absolute atomic E-state index is 12.6. The minimum atomic E-state index is -0.113. The number of rotatable bonds is 4. The van der Waals surface area contributed by atoms with E-state index >= 15 is 0 Å². The fourth-order valence-corrected chi connectivity index (χ4v) is 3.19. The molecule has 0 radical (unpaired) electrons.